The number of carbonyl (C=O) groups excluding carboxylic acids is 1. The van der Waals surface area contributed by atoms with Crippen LogP contribution in [-0.2, 0) is 11.2 Å². The molecule has 1 unspecified atom stereocenters. The maximum atomic E-state index is 11.1. The van der Waals surface area contributed by atoms with Gasteiger partial charge in [0.15, 0.2) is 0 Å². The number of benzene rings is 1. The molecule has 3 heteroatoms. The van der Waals surface area contributed by atoms with E-state index in [1.165, 1.54) is 5.56 Å². The average molecular weight is 234 g/mol. The minimum atomic E-state index is 0.0899. The minimum Gasteiger partial charge on any atom is -0.359 e. The molecule has 0 aromatic heterocycles. The molecule has 1 rings (SSSR count). The Morgan fingerprint density at radius 1 is 1.29 bits per heavy atom. The molecule has 0 saturated carbocycles. The minimum absolute atomic E-state index is 0.0899. The van der Waals surface area contributed by atoms with Crippen LogP contribution in [0.2, 0.25) is 0 Å². The zero-order chi connectivity index (χ0) is 12.5. The smallest absolute Gasteiger partial charge is 0.221 e. The number of amides is 1. The molecule has 17 heavy (non-hydrogen) atoms. The Balaban J connectivity index is 2.31. The van der Waals surface area contributed by atoms with Crippen molar-refractivity contribution in [3.8, 4) is 0 Å². The van der Waals surface area contributed by atoms with Crippen LogP contribution in [0.25, 0.3) is 0 Å². The zero-order valence-corrected chi connectivity index (χ0v) is 10.7. The van der Waals surface area contributed by atoms with Gasteiger partial charge in [-0.2, -0.15) is 0 Å². The van der Waals surface area contributed by atoms with E-state index in [0.717, 1.165) is 19.4 Å². The Morgan fingerprint density at radius 3 is 2.59 bits per heavy atom. The molecule has 0 spiro atoms. The molecule has 0 saturated heterocycles. The van der Waals surface area contributed by atoms with Crippen molar-refractivity contribution < 1.29 is 4.79 Å². The molecule has 1 aromatic carbocycles. The first kappa shape index (κ1) is 13.7. The predicted octanol–water partition coefficient (Wildman–Crippen LogP) is 1.73. The molecule has 1 amide bonds. The molecule has 3 nitrogen and oxygen atoms in total. The number of rotatable bonds is 7. The fourth-order valence-electron chi connectivity index (χ4n) is 1.77. The Morgan fingerprint density at radius 2 is 2.00 bits per heavy atom. The molecule has 0 aliphatic carbocycles. The second-order valence-electron chi connectivity index (χ2n) is 4.17. The molecule has 0 radical (unpaired) electrons. The lowest BCUT2D eigenvalue weighted by atomic mass is 10.0. The summed E-state index contributed by atoms with van der Waals surface area (Å²) in [6.07, 6.45) is 2.63. The quantitative estimate of drug-likeness (QED) is 0.754. The molecule has 1 atom stereocenters. The first-order valence-corrected chi connectivity index (χ1v) is 6.24. The second-order valence-corrected chi connectivity index (χ2v) is 4.17. The van der Waals surface area contributed by atoms with Gasteiger partial charge in [-0.15, -0.1) is 0 Å². The summed E-state index contributed by atoms with van der Waals surface area (Å²) in [6, 6.07) is 10.9. The fourth-order valence-corrected chi connectivity index (χ4v) is 1.77. The lowest BCUT2D eigenvalue weighted by molar-refractivity contribution is -0.120. The van der Waals surface area contributed by atoms with Gasteiger partial charge >= 0.3 is 0 Å². The van der Waals surface area contributed by atoms with Crippen molar-refractivity contribution in [1.82, 2.24) is 10.6 Å². The summed E-state index contributed by atoms with van der Waals surface area (Å²) in [6.45, 7) is 2.91. The van der Waals surface area contributed by atoms with Crippen molar-refractivity contribution in [2.75, 3.05) is 13.6 Å². The standard InChI is InChI=1S/C14H22N2O/c1-3-13(16-10-9-14(17)15-2)11-12-7-5-4-6-8-12/h4-8,13,16H,3,9-11H2,1-2H3,(H,15,17). The first-order valence-electron chi connectivity index (χ1n) is 6.24. The summed E-state index contributed by atoms with van der Waals surface area (Å²) in [5.74, 6) is 0.0899. The van der Waals surface area contributed by atoms with E-state index in [0.29, 0.717) is 12.5 Å². The van der Waals surface area contributed by atoms with Gasteiger partial charge in [-0.05, 0) is 18.4 Å². The Kier molecular flexibility index (Phi) is 6.33. The van der Waals surface area contributed by atoms with E-state index in [1.54, 1.807) is 7.05 Å². The monoisotopic (exact) mass is 234 g/mol. The molecule has 1 aromatic rings. The van der Waals surface area contributed by atoms with Crippen molar-refractivity contribution in [1.29, 1.82) is 0 Å². The molecular formula is C14H22N2O. The first-order chi connectivity index (χ1) is 8.26. The van der Waals surface area contributed by atoms with E-state index in [1.807, 2.05) is 6.07 Å². The van der Waals surface area contributed by atoms with Gasteiger partial charge in [0.25, 0.3) is 0 Å². The third-order valence-electron chi connectivity index (χ3n) is 2.88. The Hall–Kier alpha value is -1.35. The van der Waals surface area contributed by atoms with Crippen molar-refractivity contribution >= 4 is 5.91 Å². The van der Waals surface area contributed by atoms with E-state index in [4.69, 9.17) is 0 Å². The third kappa shape index (κ3) is 5.50. The van der Waals surface area contributed by atoms with Crippen LogP contribution in [0.3, 0.4) is 0 Å². The highest BCUT2D eigenvalue weighted by molar-refractivity contribution is 5.75. The van der Waals surface area contributed by atoms with Gasteiger partial charge in [0.1, 0.15) is 0 Å². The van der Waals surface area contributed by atoms with Gasteiger partial charge in [0.05, 0.1) is 0 Å². The number of nitrogens with one attached hydrogen (secondary N) is 2. The molecule has 0 heterocycles. The average Bonchev–Trinajstić information content (AvgIpc) is 2.38. The van der Waals surface area contributed by atoms with Crippen LogP contribution >= 0.6 is 0 Å². The van der Waals surface area contributed by atoms with Gasteiger partial charge in [-0.1, -0.05) is 37.3 Å². The largest absolute Gasteiger partial charge is 0.359 e. The molecule has 0 aliphatic rings. The lowest BCUT2D eigenvalue weighted by Crippen LogP contribution is -2.33. The van der Waals surface area contributed by atoms with Gasteiger partial charge in [0.2, 0.25) is 5.91 Å². The SMILES string of the molecule is CCC(Cc1ccccc1)NCCC(=O)NC. The molecule has 0 bridgehead atoms. The maximum absolute atomic E-state index is 11.1. The molecule has 0 fully saturated rings. The fraction of sp³-hybridized carbons (Fsp3) is 0.500. The van der Waals surface area contributed by atoms with Crippen LogP contribution in [0.1, 0.15) is 25.3 Å². The summed E-state index contributed by atoms with van der Waals surface area (Å²) >= 11 is 0. The lowest BCUT2D eigenvalue weighted by Gasteiger charge is -2.16. The Bertz CT molecular complexity index is 324. The van der Waals surface area contributed by atoms with E-state index in [2.05, 4.69) is 41.8 Å². The second kappa shape index (κ2) is 7.85. The topological polar surface area (TPSA) is 41.1 Å². The zero-order valence-electron chi connectivity index (χ0n) is 10.7. The van der Waals surface area contributed by atoms with Crippen molar-refractivity contribution in [2.24, 2.45) is 0 Å². The van der Waals surface area contributed by atoms with Crippen LogP contribution in [0, 0.1) is 0 Å². The normalized spacial score (nSPS) is 12.1. The molecule has 2 N–H and O–H groups in total. The molecular weight excluding hydrogens is 212 g/mol. The third-order valence-corrected chi connectivity index (χ3v) is 2.88. The number of carbonyl (C=O) groups is 1. The Labute approximate surface area is 104 Å². The summed E-state index contributed by atoms with van der Waals surface area (Å²) in [4.78, 5) is 11.1. The van der Waals surface area contributed by atoms with Crippen LogP contribution < -0.4 is 10.6 Å². The molecule has 0 aliphatic heterocycles. The van der Waals surface area contributed by atoms with Crippen molar-refractivity contribution in [2.45, 2.75) is 32.2 Å². The highest BCUT2D eigenvalue weighted by atomic mass is 16.1. The van der Waals surface area contributed by atoms with E-state index in [-0.39, 0.29) is 5.91 Å². The summed E-state index contributed by atoms with van der Waals surface area (Å²) < 4.78 is 0. The van der Waals surface area contributed by atoms with Crippen LogP contribution in [-0.4, -0.2) is 25.5 Å². The summed E-state index contributed by atoms with van der Waals surface area (Å²) in [7, 11) is 1.67. The van der Waals surface area contributed by atoms with Crippen molar-refractivity contribution in [3.63, 3.8) is 0 Å². The van der Waals surface area contributed by atoms with Crippen LogP contribution in [0.5, 0.6) is 0 Å². The summed E-state index contributed by atoms with van der Waals surface area (Å²) in [5.41, 5.74) is 1.34. The van der Waals surface area contributed by atoms with E-state index in [9.17, 15) is 4.79 Å². The van der Waals surface area contributed by atoms with Crippen molar-refractivity contribution in [3.05, 3.63) is 35.9 Å². The number of hydrogen-bond donors (Lipinski definition) is 2. The highest BCUT2D eigenvalue weighted by Crippen LogP contribution is 2.05. The maximum Gasteiger partial charge on any atom is 0.221 e. The van der Waals surface area contributed by atoms with Gasteiger partial charge in [0, 0.05) is 26.1 Å². The van der Waals surface area contributed by atoms with Gasteiger partial charge in [-0.3, -0.25) is 4.79 Å². The van der Waals surface area contributed by atoms with Gasteiger partial charge in [-0.25, -0.2) is 0 Å². The van der Waals surface area contributed by atoms with E-state index < -0.39 is 0 Å². The van der Waals surface area contributed by atoms with Gasteiger partial charge < -0.3 is 10.6 Å². The van der Waals surface area contributed by atoms with Crippen LogP contribution in [0.4, 0.5) is 0 Å². The summed E-state index contributed by atoms with van der Waals surface area (Å²) in [5, 5.41) is 6.05. The predicted molar refractivity (Wildman–Crippen MR) is 70.9 cm³/mol. The highest BCUT2D eigenvalue weighted by Gasteiger charge is 2.07. The van der Waals surface area contributed by atoms with Crippen LogP contribution in [0.15, 0.2) is 30.3 Å². The van der Waals surface area contributed by atoms with E-state index >= 15 is 0 Å². The number of hydrogen-bond acceptors (Lipinski definition) is 2. The molecule has 94 valence electrons.